The first-order valence-electron chi connectivity index (χ1n) is 7.42. The van der Waals surface area contributed by atoms with Crippen LogP contribution in [0.15, 0.2) is 0 Å². The molecule has 1 saturated carbocycles. The lowest BCUT2D eigenvalue weighted by Crippen LogP contribution is -2.44. The molecule has 1 aliphatic carbocycles. The van der Waals surface area contributed by atoms with Crippen LogP contribution in [0.2, 0.25) is 0 Å². The van der Waals surface area contributed by atoms with E-state index in [9.17, 15) is 4.79 Å². The van der Waals surface area contributed by atoms with Crippen LogP contribution >= 0.6 is 0 Å². The van der Waals surface area contributed by atoms with Crippen molar-refractivity contribution >= 4 is 5.91 Å². The third kappa shape index (κ3) is 4.27. The van der Waals surface area contributed by atoms with Crippen LogP contribution < -0.4 is 5.73 Å². The minimum Gasteiger partial charge on any atom is -0.342 e. The van der Waals surface area contributed by atoms with E-state index in [1.807, 2.05) is 11.9 Å². The predicted molar refractivity (Wildman–Crippen MR) is 76.2 cm³/mol. The van der Waals surface area contributed by atoms with Crippen molar-refractivity contribution in [3.8, 4) is 0 Å². The van der Waals surface area contributed by atoms with Gasteiger partial charge in [-0.1, -0.05) is 20.8 Å². The highest BCUT2D eigenvalue weighted by molar-refractivity contribution is 5.79. The van der Waals surface area contributed by atoms with Gasteiger partial charge in [0.15, 0.2) is 0 Å². The first kappa shape index (κ1) is 15.5. The van der Waals surface area contributed by atoms with Gasteiger partial charge in [0.05, 0.1) is 5.92 Å². The van der Waals surface area contributed by atoms with E-state index >= 15 is 0 Å². The molecule has 0 saturated heterocycles. The van der Waals surface area contributed by atoms with Gasteiger partial charge in [-0.3, -0.25) is 4.79 Å². The van der Waals surface area contributed by atoms with Crippen LogP contribution in [0.3, 0.4) is 0 Å². The lowest BCUT2D eigenvalue weighted by atomic mass is 9.86. The summed E-state index contributed by atoms with van der Waals surface area (Å²) in [5.74, 6) is 1.62. The zero-order valence-electron chi connectivity index (χ0n) is 12.5. The minimum absolute atomic E-state index is 0.00866. The molecule has 0 aromatic rings. The van der Waals surface area contributed by atoms with Gasteiger partial charge >= 0.3 is 0 Å². The molecule has 0 radical (unpaired) electrons. The summed E-state index contributed by atoms with van der Waals surface area (Å²) in [7, 11) is 1.96. The molecule has 1 rings (SSSR count). The first-order valence-corrected chi connectivity index (χ1v) is 7.42. The highest BCUT2D eigenvalue weighted by Gasteiger charge is 2.28. The molecule has 1 aliphatic rings. The van der Waals surface area contributed by atoms with Gasteiger partial charge in [0, 0.05) is 19.6 Å². The van der Waals surface area contributed by atoms with Crippen LogP contribution in [-0.2, 0) is 4.79 Å². The Balaban J connectivity index is 2.53. The smallest absolute Gasteiger partial charge is 0.226 e. The highest BCUT2D eigenvalue weighted by Crippen LogP contribution is 2.27. The Morgan fingerprint density at radius 3 is 2.28 bits per heavy atom. The maximum atomic E-state index is 12.4. The molecule has 2 N–H and O–H groups in total. The Labute approximate surface area is 112 Å². The van der Waals surface area contributed by atoms with Gasteiger partial charge in [0.1, 0.15) is 0 Å². The summed E-state index contributed by atoms with van der Waals surface area (Å²) in [5.41, 5.74) is 5.76. The zero-order valence-corrected chi connectivity index (χ0v) is 12.5. The Morgan fingerprint density at radius 2 is 1.83 bits per heavy atom. The van der Waals surface area contributed by atoms with Crippen molar-refractivity contribution in [2.75, 3.05) is 13.6 Å². The average molecular weight is 254 g/mol. The number of carbonyl (C=O) groups excluding carboxylic acids is 1. The van der Waals surface area contributed by atoms with Crippen LogP contribution in [0, 0.1) is 17.8 Å². The van der Waals surface area contributed by atoms with Crippen molar-refractivity contribution in [3.05, 3.63) is 0 Å². The molecule has 0 aromatic carbocycles. The quantitative estimate of drug-likeness (QED) is 0.820. The summed E-state index contributed by atoms with van der Waals surface area (Å²) >= 11 is 0. The van der Waals surface area contributed by atoms with E-state index < -0.39 is 0 Å². The summed E-state index contributed by atoms with van der Waals surface area (Å²) < 4.78 is 0. The van der Waals surface area contributed by atoms with Crippen LogP contribution in [0.1, 0.15) is 52.9 Å². The van der Waals surface area contributed by atoms with E-state index in [2.05, 4.69) is 20.8 Å². The predicted octanol–water partition coefficient (Wildman–Crippen LogP) is 2.64. The molecular formula is C15H30N2O. The Bertz CT molecular complexity index is 257. The minimum atomic E-state index is 0.00866. The summed E-state index contributed by atoms with van der Waals surface area (Å²) in [5, 5.41) is 0. The van der Waals surface area contributed by atoms with Crippen LogP contribution in [0.25, 0.3) is 0 Å². The molecule has 3 heteroatoms. The lowest BCUT2D eigenvalue weighted by Gasteiger charge is -2.35. The van der Waals surface area contributed by atoms with E-state index in [1.165, 1.54) is 12.8 Å². The first-order chi connectivity index (χ1) is 8.45. The van der Waals surface area contributed by atoms with Gasteiger partial charge in [-0.05, 0) is 43.9 Å². The Kier molecular flexibility index (Phi) is 6.13. The monoisotopic (exact) mass is 254 g/mol. The molecule has 3 nitrogen and oxygen atoms in total. The fourth-order valence-corrected chi connectivity index (χ4v) is 2.96. The molecule has 1 amide bonds. The molecule has 0 aliphatic heterocycles. The third-order valence-electron chi connectivity index (χ3n) is 4.27. The van der Waals surface area contributed by atoms with Gasteiger partial charge in [0.2, 0.25) is 5.91 Å². The third-order valence-corrected chi connectivity index (χ3v) is 4.27. The van der Waals surface area contributed by atoms with Crippen molar-refractivity contribution in [1.29, 1.82) is 0 Å². The Hall–Kier alpha value is -0.570. The van der Waals surface area contributed by atoms with Crippen molar-refractivity contribution in [3.63, 3.8) is 0 Å². The number of carbonyl (C=O) groups is 1. The summed E-state index contributed by atoms with van der Waals surface area (Å²) in [6.45, 7) is 7.08. The fraction of sp³-hybridized carbons (Fsp3) is 0.933. The van der Waals surface area contributed by atoms with Crippen molar-refractivity contribution in [2.45, 2.75) is 58.9 Å². The highest BCUT2D eigenvalue weighted by atomic mass is 16.2. The van der Waals surface area contributed by atoms with Gasteiger partial charge in [-0.15, -0.1) is 0 Å². The molecule has 0 spiro atoms. The van der Waals surface area contributed by atoms with E-state index in [0.717, 1.165) is 25.2 Å². The topological polar surface area (TPSA) is 46.3 Å². The normalized spacial score (nSPS) is 26.1. The van der Waals surface area contributed by atoms with Gasteiger partial charge in [-0.2, -0.15) is 0 Å². The van der Waals surface area contributed by atoms with E-state index in [0.29, 0.717) is 18.5 Å². The SMILES string of the molecule is CC(C)CC(CN)C(=O)N(C)C1CCC(C)CC1. The average Bonchev–Trinajstić information content (AvgIpc) is 2.35. The molecule has 1 fully saturated rings. The summed E-state index contributed by atoms with van der Waals surface area (Å²) in [6, 6.07) is 0.440. The second-order valence-corrected chi connectivity index (χ2v) is 6.43. The summed E-state index contributed by atoms with van der Waals surface area (Å²) in [6.07, 6.45) is 5.72. The number of hydrogen-bond donors (Lipinski definition) is 1. The zero-order chi connectivity index (χ0) is 13.7. The van der Waals surface area contributed by atoms with Crippen LogP contribution in [-0.4, -0.2) is 30.4 Å². The van der Waals surface area contributed by atoms with E-state index in [4.69, 9.17) is 5.73 Å². The largest absolute Gasteiger partial charge is 0.342 e. The molecular weight excluding hydrogens is 224 g/mol. The van der Waals surface area contributed by atoms with Gasteiger partial charge in [-0.25, -0.2) is 0 Å². The molecule has 0 aromatic heterocycles. The number of hydrogen-bond acceptors (Lipinski definition) is 2. The van der Waals surface area contributed by atoms with Crippen molar-refractivity contribution in [2.24, 2.45) is 23.5 Å². The number of rotatable bonds is 5. The second-order valence-electron chi connectivity index (χ2n) is 6.43. The molecule has 106 valence electrons. The van der Waals surface area contributed by atoms with Gasteiger partial charge in [0.25, 0.3) is 0 Å². The maximum Gasteiger partial charge on any atom is 0.226 e. The lowest BCUT2D eigenvalue weighted by molar-refractivity contribution is -0.137. The summed E-state index contributed by atoms with van der Waals surface area (Å²) in [4.78, 5) is 14.4. The van der Waals surface area contributed by atoms with E-state index in [1.54, 1.807) is 0 Å². The number of nitrogens with two attached hydrogens (primary N) is 1. The van der Waals surface area contributed by atoms with Crippen molar-refractivity contribution < 1.29 is 4.79 Å². The molecule has 0 bridgehead atoms. The van der Waals surface area contributed by atoms with Crippen molar-refractivity contribution in [1.82, 2.24) is 4.90 Å². The number of amides is 1. The number of nitrogens with zero attached hydrogens (tertiary/aromatic N) is 1. The fourth-order valence-electron chi connectivity index (χ4n) is 2.96. The molecule has 18 heavy (non-hydrogen) atoms. The second kappa shape index (κ2) is 7.13. The molecule has 1 atom stereocenters. The van der Waals surface area contributed by atoms with E-state index in [-0.39, 0.29) is 11.8 Å². The molecule has 0 heterocycles. The van der Waals surface area contributed by atoms with Crippen LogP contribution in [0.4, 0.5) is 0 Å². The van der Waals surface area contributed by atoms with Crippen LogP contribution in [0.5, 0.6) is 0 Å². The Morgan fingerprint density at radius 1 is 1.28 bits per heavy atom. The maximum absolute atomic E-state index is 12.4. The van der Waals surface area contributed by atoms with Gasteiger partial charge < -0.3 is 10.6 Å². The standard InChI is InChI=1S/C15H30N2O/c1-11(2)9-13(10-16)15(18)17(4)14-7-5-12(3)6-8-14/h11-14H,5-10,16H2,1-4H3. The molecule has 1 unspecified atom stereocenters.